The van der Waals surface area contributed by atoms with E-state index in [0.29, 0.717) is 5.56 Å². The molecule has 0 atom stereocenters. The molecule has 0 aliphatic carbocycles. The fourth-order valence-corrected chi connectivity index (χ4v) is 2.16. The first-order valence-corrected chi connectivity index (χ1v) is 6.63. The molecule has 0 heterocycles. The van der Waals surface area contributed by atoms with Gasteiger partial charge in [-0.1, -0.05) is 30.3 Å². The average molecular weight is 291 g/mol. The summed E-state index contributed by atoms with van der Waals surface area (Å²) < 4.78 is 4.96. The predicted molar refractivity (Wildman–Crippen MR) is 81.7 cm³/mol. The number of carbonyl (C=O) groups is 1. The van der Waals surface area contributed by atoms with Crippen LogP contribution in [0, 0.1) is 22.7 Å². The normalized spacial score (nSPS) is 9.59. The molecule has 0 aromatic heterocycles. The Hall–Kier alpha value is -3.31. The fraction of sp³-hybridized carbons (Fsp3) is 0.118. The highest BCUT2D eigenvalue weighted by Gasteiger charge is 2.21. The molecule has 108 valence electrons. The summed E-state index contributed by atoms with van der Waals surface area (Å²) in [4.78, 5) is 12.0. The minimum atomic E-state index is -0.632. The van der Waals surface area contributed by atoms with E-state index in [1.807, 2.05) is 30.3 Å². The van der Waals surface area contributed by atoms with Gasteiger partial charge in [0.15, 0.2) is 0 Å². The molecule has 0 aliphatic heterocycles. The number of nitrogens with zero attached hydrogens (tertiary/aromatic N) is 2. The van der Waals surface area contributed by atoms with Gasteiger partial charge in [-0.15, -0.1) is 0 Å². The van der Waals surface area contributed by atoms with Crippen molar-refractivity contribution in [2.24, 2.45) is 0 Å². The second-order valence-electron chi connectivity index (χ2n) is 4.45. The zero-order chi connectivity index (χ0) is 16.1. The van der Waals surface area contributed by atoms with Gasteiger partial charge >= 0.3 is 5.97 Å². The maximum atomic E-state index is 12.0. The molecule has 0 unspecified atom stereocenters. The van der Waals surface area contributed by atoms with Crippen molar-refractivity contribution in [2.45, 2.75) is 6.92 Å². The summed E-state index contributed by atoms with van der Waals surface area (Å²) in [5.41, 5.74) is 7.37. The first-order valence-electron chi connectivity index (χ1n) is 6.63. The van der Waals surface area contributed by atoms with Crippen molar-refractivity contribution in [2.75, 3.05) is 12.3 Å². The van der Waals surface area contributed by atoms with Crippen molar-refractivity contribution in [1.82, 2.24) is 0 Å². The molecule has 0 saturated heterocycles. The highest BCUT2D eigenvalue weighted by molar-refractivity contribution is 5.98. The van der Waals surface area contributed by atoms with Crippen LogP contribution in [0.5, 0.6) is 0 Å². The Morgan fingerprint density at radius 1 is 1.18 bits per heavy atom. The van der Waals surface area contributed by atoms with Crippen LogP contribution in [0.25, 0.3) is 11.1 Å². The Kier molecular flexibility index (Phi) is 4.41. The van der Waals surface area contributed by atoms with Gasteiger partial charge in [0.1, 0.15) is 12.1 Å². The zero-order valence-electron chi connectivity index (χ0n) is 12.0. The number of ether oxygens (including phenoxy) is 1. The molecule has 2 rings (SSSR count). The van der Waals surface area contributed by atoms with Crippen LogP contribution >= 0.6 is 0 Å². The standard InChI is InChI=1S/C17H13N3O2/c1-2-22-17(21)13-8-12(11-6-4-3-5-7-11)14(9-18)16(20)15(13)10-19/h3-8H,2,20H2,1H3. The summed E-state index contributed by atoms with van der Waals surface area (Å²) >= 11 is 0. The highest BCUT2D eigenvalue weighted by Crippen LogP contribution is 2.32. The van der Waals surface area contributed by atoms with Gasteiger partial charge in [0.05, 0.1) is 29.0 Å². The molecule has 0 bridgehead atoms. The van der Waals surface area contributed by atoms with E-state index in [0.717, 1.165) is 5.56 Å². The maximum Gasteiger partial charge on any atom is 0.339 e. The van der Waals surface area contributed by atoms with Gasteiger partial charge in [-0.2, -0.15) is 10.5 Å². The number of rotatable bonds is 3. The molecule has 0 amide bonds. The average Bonchev–Trinajstić information content (AvgIpc) is 2.55. The molecule has 2 aromatic rings. The van der Waals surface area contributed by atoms with Gasteiger partial charge in [0.25, 0.3) is 0 Å². The molecule has 0 aliphatic rings. The molecule has 2 aromatic carbocycles. The molecule has 22 heavy (non-hydrogen) atoms. The van der Waals surface area contributed by atoms with Crippen LogP contribution in [0.4, 0.5) is 5.69 Å². The summed E-state index contributed by atoms with van der Waals surface area (Å²) in [6.07, 6.45) is 0. The number of benzene rings is 2. The summed E-state index contributed by atoms with van der Waals surface area (Å²) in [6.45, 7) is 1.86. The van der Waals surface area contributed by atoms with Crippen molar-refractivity contribution in [3.8, 4) is 23.3 Å². The lowest BCUT2D eigenvalue weighted by Gasteiger charge is -2.12. The molecular formula is C17H13N3O2. The van der Waals surface area contributed by atoms with E-state index in [1.54, 1.807) is 19.1 Å². The molecule has 0 spiro atoms. The van der Waals surface area contributed by atoms with E-state index < -0.39 is 5.97 Å². The lowest BCUT2D eigenvalue weighted by Crippen LogP contribution is -2.11. The van der Waals surface area contributed by atoms with Crippen molar-refractivity contribution >= 4 is 11.7 Å². The van der Waals surface area contributed by atoms with Crippen molar-refractivity contribution in [3.05, 3.63) is 53.1 Å². The quantitative estimate of drug-likeness (QED) is 0.692. The number of nitrogen functional groups attached to an aromatic ring is 1. The Morgan fingerprint density at radius 3 is 2.36 bits per heavy atom. The summed E-state index contributed by atoms with van der Waals surface area (Å²) in [7, 11) is 0. The van der Waals surface area contributed by atoms with E-state index in [2.05, 4.69) is 0 Å². The van der Waals surface area contributed by atoms with Gasteiger partial charge in [-0.05, 0) is 18.6 Å². The minimum absolute atomic E-state index is 0.00518. The number of carbonyl (C=O) groups excluding carboxylic acids is 1. The highest BCUT2D eigenvalue weighted by atomic mass is 16.5. The lowest BCUT2D eigenvalue weighted by atomic mass is 9.92. The van der Waals surface area contributed by atoms with Gasteiger partial charge in [0, 0.05) is 5.56 Å². The summed E-state index contributed by atoms with van der Waals surface area (Å²) in [6, 6.07) is 14.4. The fourth-order valence-electron chi connectivity index (χ4n) is 2.16. The van der Waals surface area contributed by atoms with Crippen molar-refractivity contribution in [1.29, 1.82) is 10.5 Å². The van der Waals surface area contributed by atoms with Crippen LogP contribution in [0.3, 0.4) is 0 Å². The Balaban J connectivity index is 2.78. The third kappa shape index (κ3) is 2.61. The number of esters is 1. The van der Waals surface area contributed by atoms with Crippen LogP contribution in [0.2, 0.25) is 0 Å². The van der Waals surface area contributed by atoms with E-state index >= 15 is 0 Å². The maximum absolute atomic E-state index is 12.0. The van der Waals surface area contributed by atoms with E-state index in [9.17, 15) is 15.3 Å². The summed E-state index contributed by atoms with van der Waals surface area (Å²) in [5, 5.41) is 18.6. The number of nitrogens with two attached hydrogens (primary N) is 1. The first-order chi connectivity index (χ1) is 10.6. The molecule has 5 heteroatoms. The topological polar surface area (TPSA) is 99.9 Å². The van der Waals surface area contributed by atoms with Crippen molar-refractivity contribution in [3.63, 3.8) is 0 Å². The number of hydrogen-bond donors (Lipinski definition) is 1. The first kappa shape index (κ1) is 15.1. The van der Waals surface area contributed by atoms with E-state index in [4.69, 9.17) is 10.5 Å². The summed E-state index contributed by atoms with van der Waals surface area (Å²) in [5.74, 6) is -0.632. The Bertz CT molecular complexity index is 799. The second-order valence-corrected chi connectivity index (χ2v) is 4.45. The molecule has 5 nitrogen and oxygen atoms in total. The van der Waals surface area contributed by atoms with Crippen LogP contribution in [-0.4, -0.2) is 12.6 Å². The molecular weight excluding hydrogens is 278 g/mol. The van der Waals surface area contributed by atoms with Crippen LogP contribution in [0.15, 0.2) is 36.4 Å². The largest absolute Gasteiger partial charge is 0.462 e. The predicted octanol–water partition coefficient (Wildman–Crippen LogP) is 2.86. The van der Waals surface area contributed by atoms with Gasteiger partial charge in [0.2, 0.25) is 0 Å². The SMILES string of the molecule is CCOC(=O)c1cc(-c2ccccc2)c(C#N)c(N)c1C#N. The van der Waals surface area contributed by atoms with Crippen molar-refractivity contribution < 1.29 is 9.53 Å². The minimum Gasteiger partial charge on any atom is -0.462 e. The van der Waals surface area contributed by atoms with E-state index in [-0.39, 0.29) is 29.0 Å². The Morgan fingerprint density at radius 2 is 1.82 bits per heavy atom. The molecule has 2 N–H and O–H groups in total. The van der Waals surface area contributed by atoms with Gasteiger partial charge in [-0.25, -0.2) is 4.79 Å². The smallest absolute Gasteiger partial charge is 0.339 e. The van der Waals surface area contributed by atoms with Crippen LogP contribution in [0.1, 0.15) is 28.4 Å². The van der Waals surface area contributed by atoms with Gasteiger partial charge in [-0.3, -0.25) is 0 Å². The molecule has 0 saturated carbocycles. The van der Waals surface area contributed by atoms with Gasteiger partial charge < -0.3 is 10.5 Å². The molecule has 0 radical (unpaired) electrons. The number of nitriles is 2. The second kappa shape index (κ2) is 6.43. The van der Waals surface area contributed by atoms with Crippen LogP contribution < -0.4 is 5.73 Å². The number of hydrogen-bond acceptors (Lipinski definition) is 5. The number of anilines is 1. The zero-order valence-corrected chi connectivity index (χ0v) is 12.0. The lowest BCUT2D eigenvalue weighted by molar-refractivity contribution is 0.0526. The van der Waals surface area contributed by atoms with E-state index in [1.165, 1.54) is 6.07 Å². The third-order valence-corrected chi connectivity index (χ3v) is 3.17. The monoisotopic (exact) mass is 291 g/mol. The van der Waals surface area contributed by atoms with Crippen LogP contribution in [-0.2, 0) is 4.74 Å². The Labute approximate surface area is 128 Å². The third-order valence-electron chi connectivity index (χ3n) is 3.17. The molecule has 0 fully saturated rings.